The molecule has 0 saturated carbocycles. The van der Waals surface area contributed by atoms with E-state index >= 15 is 0 Å². The van der Waals surface area contributed by atoms with Gasteiger partial charge in [-0.3, -0.25) is 4.79 Å². The van der Waals surface area contributed by atoms with Crippen LogP contribution in [0.25, 0.3) is 0 Å². The Balaban J connectivity index is 4.38. The van der Waals surface area contributed by atoms with Crippen LogP contribution in [-0.4, -0.2) is 29.2 Å². The first-order valence-corrected chi connectivity index (χ1v) is 4.54. The molecule has 0 rings (SSSR count). The van der Waals surface area contributed by atoms with Gasteiger partial charge in [-0.2, -0.15) is 4.51 Å². The van der Waals surface area contributed by atoms with Gasteiger partial charge in [-0.15, -0.1) is 0 Å². The molecule has 80 valence electrons. The predicted octanol–water partition coefficient (Wildman–Crippen LogP) is 0.827. The molecule has 5 nitrogen and oxygen atoms in total. The van der Waals surface area contributed by atoms with Crippen molar-refractivity contribution in [2.24, 2.45) is 10.4 Å². The van der Waals surface area contributed by atoms with Crippen molar-refractivity contribution in [2.75, 3.05) is 0 Å². The van der Waals surface area contributed by atoms with E-state index in [4.69, 9.17) is 16.9 Å². The molecule has 1 amide bonds. The third-order valence-electron chi connectivity index (χ3n) is 1.94. The van der Waals surface area contributed by atoms with Gasteiger partial charge in [0.05, 0.1) is 0 Å². The second-order valence-electron chi connectivity index (χ2n) is 2.94. The van der Waals surface area contributed by atoms with Crippen molar-refractivity contribution >= 4 is 29.9 Å². The molecule has 14 heavy (non-hydrogen) atoms. The van der Waals surface area contributed by atoms with Crippen molar-refractivity contribution in [1.82, 2.24) is 5.32 Å². The maximum Gasteiger partial charge on any atom is 0.326 e. The van der Waals surface area contributed by atoms with E-state index in [1.165, 1.54) is 0 Å². The number of hydrogen-bond donors (Lipinski definition) is 2. The SMILES string of the molecule is CC[C@H](C)[C@H](NC(=O)/C=N/Cl)C(=O)O. The summed E-state index contributed by atoms with van der Waals surface area (Å²) >= 11 is 4.93. The Morgan fingerprint density at radius 1 is 1.64 bits per heavy atom. The number of nitrogens with one attached hydrogen (secondary N) is 1. The number of carboxylic acid groups (broad SMARTS) is 1. The first-order valence-electron chi connectivity index (χ1n) is 4.20. The summed E-state index contributed by atoms with van der Waals surface area (Å²) in [5.41, 5.74) is 0. The van der Waals surface area contributed by atoms with Gasteiger partial charge in [-0.25, -0.2) is 4.79 Å². The molecular formula is C8H13ClN2O3. The number of amides is 1. The van der Waals surface area contributed by atoms with Crippen LogP contribution in [0.15, 0.2) is 4.51 Å². The minimum Gasteiger partial charge on any atom is -0.480 e. The molecule has 6 heteroatoms. The number of carboxylic acids is 1. The molecule has 0 radical (unpaired) electrons. The van der Waals surface area contributed by atoms with Gasteiger partial charge in [0, 0.05) is 11.8 Å². The molecule has 0 saturated heterocycles. The van der Waals surface area contributed by atoms with Crippen LogP contribution in [0.5, 0.6) is 0 Å². The first kappa shape index (κ1) is 12.9. The molecule has 0 aliphatic heterocycles. The summed E-state index contributed by atoms with van der Waals surface area (Å²) in [6.45, 7) is 3.60. The van der Waals surface area contributed by atoms with Crippen molar-refractivity contribution in [3.8, 4) is 0 Å². The van der Waals surface area contributed by atoms with Crippen LogP contribution in [0.3, 0.4) is 0 Å². The number of carbonyl (C=O) groups excluding carboxylic acids is 1. The summed E-state index contributed by atoms with van der Waals surface area (Å²) < 4.78 is 2.98. The summed E-state index contributed by atoms with van der Waals surface area (Å²) in [4.78, 5) is 21.7. The summed E-state index contributed by atoms with van der Waals surface area (Å²) in [5, 5.41) is 11.1. The fourth-order valence-electron chi connectivity index (χ4n) is 0.918. The minimum atomic E-state index is -1.06. The van der Waals surface area contributed by atoms with Gasteiger partial charge >= 0.3 is 5.97 Å². The number of hydrogen-bond acceptors (Lipinski definition) is 3. The fraction of sp³-hybridized carbons (Fsp3) is 0.625. The second-order valence-corrected chi connectivity index (χ2v) is 3.13. The number of aliphatic carboxylic acids is 1. The molecule has 0 aromatic carbocycles. The van der Waals surface area contributed by atoms with E-state index in [-0.39, 0.29) is 5.92 Å². The average molecular weight is 221 g/mol. The van der Waals surface area contributed by atoms with Crippen molar-refractivity contribution in [3.63, 3.8) is 0 Å². The zero-order chi connectivity index (χ0) is 11.1. The topological polar surface area (TPSA) is 78.8 Å². The monoisotopic (exact) mass is 220 g/mol. The molecule has 0 aromatic rings. The Morgan fingerprint density at radius 2 is 2.21 bits per heavy atom. The Morgan fingerprint density at radius 3 is 2.57 bits per heavy atom. The largest absolute Gasteiger partial charge is 0.480 e. The maximum absolute atomic E-state index is 11.0. The number of nitrogens with zero attached hydrogens (tertiary/aromatic N) is 1. The Labute approximate surface area is 87.3 Å². The van der Waals surface area contributed by atoms with Gasteiger partial charge in [0.1, 0.15) is 12.3 Å². The number of rotatable bonds is 5. The van der Waals surface area contributed by atoms with Crippen molar-refractivity contribution < 1.29 is 14.7 Å². The molecule has 0 spiro atoms. The molecule has 0 bridgehead atoms. The molecule has 0 aromatic heterocycles. The summed E-state index contributed by atoms with van der Waals surface area (Å²) in [6, 6.07) is -0.901. The molecule has 0 aliphatic rings. The number of carbonyl (C=O) groups is 2. The smallest absolute Gasteiger partial charge is 0.326 e. The van der Waals surface area contributed by atoms with Gasteiger partial charge in [0.15, 0.2) is 0 Å². The van der Waals surface area contributed by atoms with Crippen molar-refractivity contribution in [1.29, 1.82) is 0 Å². The van der Waals surface area contributed by atoms with Gasteiger partial charge in [0.25, 0.3) is 5.91 Å². The van der Waals surface area contributed by atoms with Gasteiger partial charge in [-0.05, 0) is 5.92 Å². The molecule has 2 atom stereocenters. The van der Waals surface area contributed by atoms with E-state index in [9.17, 15) is 9.59 Å². The molecule has 0 fully saturated rings. The molecular weight excluding hydrogens is 208 g/mol. The van der Waals surface area contributed by atoms with E-state index in [1.807, 2.05) is 6.92 Å². The Kier molecular flexibility index (Phi) is 5.87. The van der Waals surface area contributed by atoms with E-state index in [0.29, 0.717) is 6.42 Å². The lowest BCUT2D eigenvalue weighted by atomic mass is 9.99. The van der Waals surface area contributed by atoms with Gasteiger partial charge in [-0.1, -0.05) is 20.3 Å². The minimum absolute atomic E-state index is 0.139. The summed E-state index contributed by atoms with van der Waals surface area (Å²) in [6.07, 6.45) is 1.50. The third-order valence-corrected chi connectivity index (χ3v) is 2.04. The lowest BCUT2D eigenvalue weighted by Gasteiger charge is -2.18. The lowest BCUT2D eigenvalue weighted by molar-refractivity contribution is -0.142. The Hall–Kier alpha value is -1.10. The fourth-order valence-corrected chi connectivity index (χ4v) is 1.01. The van der Waals surface area contributed by atoms with Crippen LogP contribution in [-0.2, 0) is 9.59 Å². The Bertz CT molecular complexity index is 243. The van der Waals surface area contributed by atoms with Crippen LogP contribution in [0.2, 0.25) is 0 Å². The van der Waals surface area contributed by atoms with Crippen molar-refractivity contribution in [3.05, 3.63) is 0 Å². The van der Waals surface area contributed by atoms with Crippen LogP contribution in [0.1, 0.15) is 20.3 Å². The predicted molar refractivity (Wildman–Crippen MR) is 53.4 cm³/mol. The lowest BCUT2D eigenvalue weighted by Crippen LogP contribution is -2.45. The van der Waals surface area contributed by atoms with Crippen LogP contribution in [0, 0.1) is 5.92 Å². The van der Waals surface area contributed by atoms with Crippen LogP contribution >= 0.6 is 11.8 Å². The molecule has 0 unspecified atom stereocenters. The van der Waals surface area contributed by atoms with Crippen LogP contribution < -0.4 is 5.32 Å². The van der Waals surface area contributed by atoms with E-state index in [1.54, 1.807) is 6.92 Å². The molecule has 0 aliphatic carbocycles. The summed E-state index contributed by atoms with van der Waals surface area (Å²) in [7, 11) is 0. The molecule has 2 N–H and O–H groups in total. The standard InChI is InChI=1S/C8H13ClN2O3/c1-3-5(2)7(8(13)14)11-6(12)4-10-9/h4-5,7H,3H2,1-2H3,(H,11,12)(H,13,14)/b10-4+/t5-,7-/m0/s1. The van der Waals surface area contributed by atoms with Gasteiger partial charge in [0.2, 0.25) is 0 Å². The normalized spacial score (nSPS) is 15.1. The van der Waals surface area contributed by atoms with E-state index in [0.717, 1.165) is 6.21 Å². The summed E-state index contributed by atoms with van der Waals surface area (Å²) in [5.74, 6) is -1.80. The molecule has 0 heterocycles. The first-order chi connectivity index (χ1) is 6.52. The van der Waals surface area contributed by atoms with Gasteiger partial charge < -0.3 is 10.4 Å². The highest BCUT2D eigenvalue weighted by Gasteiger charge is 2.24. The number of halogens is 1. The highest BCUT2D eigenvalue weighted by molar-refractivity contribution is 6.33. The van der Waals surface area contributed by atoms with Crippen LogP contribution in [0.4, 0.5) is 0 Å². The second kappa shape index (κ2) is 6.37. The highest BCUT2D eigenvalue weighted by atomic mass is 35.5. The highest BCUT2D eigenvalue weighted by Crippen LogP contribution is 2.07. The zero-order valence-corrected chi connectivity index (χ0v) is 8.78. The maximum atomic E-state index is 11.0. The average Bonchev–Trinajstić information content (AvgIpc) is 2.13. The van der Waals surface area contributed by atoms with Crippen molar-refractivity contribution in [2.45, 2.75) is 26.3 Å². The van der Waals surface area contributed by atoms with E-state index in [2.05, 4.69) is 9.83 Å². The quantitative estimate of drug-likeness (QED) is 0.674. The zero-order valence-electron chi connectivity index (χ0n) is 8.03. The van der Waals surface area contributed by atoms with E-state index < -0.39 is 17.9 Å². The third kappa shape index (κ3) is 4.23.